The van der Waals surface area contributed by atoms with Crippen LogP contribution in [0.4, 0.5) is 8.78 Å². The van der Waals surface area contributed by atoms with Crippen LogP contribution in [-0.4, -0.2) is 56.0 Å². The van der Waals surface area contributed by atoms with E-state index < -0.39 is 5.97 Å². The van der Waals surface area contributed by atoms with Gasteiger partial charge < -0.3 is 14.2 Å². The second-order valence-corrected chi connectivity index (χ2v) is 9.49. The standard InChI is InChI=1S/C15H12FN3O3.C13H9FIN3O.2CH4/c1-21-14-12-7-17-13(9-3-5-10(16)6-4-9)19(12)8-11(18-14)15(20)22-2;1-19-13-10-6-16-12(18(10)7-11(15)17-13)8-2-4-9(14)5-3-8;;/h3-8H,1-2H3;2-7H,1H3;2*1H4. The number of fused-ring (bicyclic) bond motifs is 2. The third-order valence-corrected chi connectivity index (χ3v) is 6.46. The van der Waals surface area contributed by atoms with Crippen molar-refractivity contribution in [2.24, 2.45) is 0 Å². The molecule has 0 saturated heterocycles. The van der Waals surface area contributed by atoms with Crippen LogP contribution in [0.15, 0.2) is 73.3 Å². The fraction of sp³-hybridized carbons (Fsp3) is 0.167. The Morgan fingerprint density at radius 1 is 0.721 bits per heavy atom. The van der Waals surface area contributed by atoms with Gasteiger partial charge in [-0.15, -0.1) is 0 Å². The molecule has 43 heavy (non-hydrogen) atoms. The van der Waals surface area contributed by atoms with Crippen molar-refractivity contribution >= 4 is 39.6 Å². The third-order valence-electron chi connectivity index (χ3n) is 5.94. The van der Waals surface area contributed by atoms with Crippen molar-refractivity contribution in [3.63, 3.8) is 0 Å². The number of ether oxygens (including phenoxy) is 3. The van der Waals surface area contributed by atoms with E-state index in [9.17, 15) is 13.6 Å². The lowest BCUT2D eigenvalue weighted by atomic mass is 10.2. The first kappa shape index (κ1) is 32.8. The molecule has 0 amide bonds. The summed E-state index contributed by atoms with van der Waals surface area (Å²) in [5.74, 6) is 0.863. The fourth-order valence-electron chi connectivity index (χ4n) is 4.04. The normalized spacial score (nSPS) is 10.3. The average Bonchev–Trinajstić information content (AvgIpc) is 3.61. The second-order valence-electron chi connectivity index (χ2n) is 8.39. The number of nitrogens with zero attached hydrogens (tertiary/aromatic N) is 6. The van der Waals surface area contributed by atoms with E-state index in [-0.39, 0.29) is 38.1 Å². The minimum atomic E-state index is -0.584. The predicted octanol–water partition coefficient (Wildman–Crippen LogP) is 6.75. The van der Waals surface area contributed by atoms with E-state index in [0.29, 0.717) is 22.8 Å². The summed E-state index contributed by atoms with van der Waals surface area (Å²) in [5.41, 5.74) is 3.00. The van der Waals surface area contributed by atoms with E-state index in [1.54, 1.807) is 48.2 Å². The number of hydrogen-bond acceptors (Lipinski definition) is 8. The summed E-state index contributed by atoms with van der Waals surface area (Å²) in [6, 6.07) is 12.1. The maximum absolute atomic E-state index is 13.1. The lowest BCUT2D eigenvalue weighted by Crippen LogP contribution is -2.08. The molecule has 0 aliphatic heterocycles. The lowest BCUT2D eigenvalue weighted by Gasteiger charge is -2.07. The highest BCUT2D eigenvalue weighted by atomic mass is 127. The molecule has 2 aromatic carbocycles. The van der Waals surface area contributed by atoms with Gasteiger partial charge in [0.1, 0.15) is 38.0 Å². The van der Waals surface area contributed by atoms with Gasteiger partial charge in [0.15, 0.2) is 5.69 Å². The van der Waals surface area contributed by atoms with E-state index in [1.165, 1.54) is 44.7 Å². The highest BCUT2D eigenvalue weighted by Crippen LogP contribution is 2.27. The van der Waals surface area contributed by atoms with Crippen molar-refractivity contribution in [1.82, 2.24) is 28.7 Å². The fourth-order valence-corrected chi connectivity index (χ4v) is 4.53. The molecule has 6 aromatic rings. The zero-order valence-corrected chi connectivity index (χ0v) is 24.0. The molecule has 4 heterocycles. The molecule has 224 valence electrons. The Morgan fingerprint density at radius 2 is 1.16 bits per heavy atom. The number of methoxy groups -OCH3 is 3. The van der Waals surface area contributed by atoms with Gasteiger partial charge in [-0.2, -0.15) is 0 Å². The van der Waals surface area contributed by atoms with Crippen LogP contribution in [0.2, 0.25) is 0 Å². The monoisotopic (exact) mass is 702 g/mol. The van der Waals surface area contributed by atoms with Crippen LogP contribution in [0.1, 0.15) is 25.3 Å². The average molecular weight is 702 g/mol. The zero-order chi connectivity index (χ0) is 29.1. The van der Waals surface area contributed by atoms with Gasteiger partial charge in [-0.25, -0.2) is 33.5 Å². The molecule has 0 N–H and O–H groups in total. The predicted molar refractivity (Wildman–Crippen MR) is 167 cm³/mol. The van der Waals surface area contributed by atoms with Gasteiger partial charge in [0, 0.05) is 23.5 Å². The number of hydrogen-bond donors (Lipinski definition) is 0. The number of halogens is 3. The number of rotatable bonds is 5. The topological polar surface area (TPSA) is 105 Å². The summed E-state index contributed by atoms with van der Waals surface area (Å²) in [5, 5.41) is 0. The van der Waals surface area contributed by atoms with Crippen LogP contribution in [0.3, 0.4) is 0 Å². The van der Waals surface area contributed by atoms with Gasteiger partial charge in [-0.05, 0) is 71.1 Å². The molecule has 13 heteroatoms. The molecule has 0 bridgehead atoms. The number of aromatic nitrogens is 6. The molecule has 0 spiro atoms. The van der Waals surface area contributed by atoms with Crippen molar-refractivity contribution in [1.29, 1.82) is 0 Å². The minimum Gasteiger partial charge on any atom is -0.479 e. The summed E-state index contributed by atoms with van der Waals surface area (Å²) >= 11 is 2.12. The van der Waals surface area contributed by atoms with E-state index in [1.807, 2.05) is 10.6 Å². The van der Waals surface area contributed by atoms with Gasteiger partial charge in [-0.3, -0.25) is 8.80 Å². The van der Waals surface area contributed by atoms with Crippen LogP contribution >= 0.6 is 22.6 Å². The molecule has 10 nitrogen and oxygen atoms in total. The molecule has 0 fully saturated rings. The van der Waals surface area contributed by atoms with Crippen LogP contribution in [0.5, 0.6) is 11.8 Å². The Balaban J connectivity index is 0.000000227. The van der Waals surface area contributed by atoms with Crippen molar-refractivity contribution in [2.75, 3.05) is 21.3 Å². The third kappa shape index (κ3) is 6.71. The van der Waals surface area contributed by atoms with Crippen molar-refractivity contribution < 1.29 is 27.8 Å². The second kappa shape index (κ2) is 14.0. The maximum Gasteiger partial charge on any atom is 0.358 e. The molecule has 0 aliphatic carbocycles. The zero-order valence-electron chi connectivity index (χ0n) is 21.9. The molecule has 0 atom stereocenters. The maximum atomic E-state index is 13.1. The summed E-state index contributed by atoms with van der Waals surface area (Å²) in [4.78, 5) is 28.8. The summed E-state index contributed by atoms with van der Waals surface area (Å²) in [6.45, 7) is 0. The van der Waals surface area contributed by atoms with E-state index in [2.05, 4.69) is 47.3 Å². The van der Waals surface area contributed by atoms with Crippen LogP contribution in [0, 0.1) is 15.3 Å². The van der Waals surface area contributed by atoms with E-state index in [4.69, 9.17) is 9.47 Å². The first-order valence-corrected chi connectivity index (χ1v) is 13.0. The lowest BCUT2D eigenvalue weighted by molar-refractivity contribution is 0.0592. The van der Waals surface area contributed by atoms with Gasteiger partial charge in [-0.1, -0.05) is 14.9 Å². The molecular formula is C30H29F2IN6O4. The van der Waals surface area contributed by atoms with Gasteiger partial charge in [0.25, 0.3) is 0 Å². The van der Waals surface area contributed by atoms with Crippen LogP contribution < -0.4 is 9.47 Å². The molecule has 0 radical (unpaired) electrons. The van der Waals surface area contributed by atoms with Gasteiger partial charge in [0.05, 0.1) is 33.7 Å². The molecule has 0 unspecified atom stereocenters. The quantitative estimate of drug-likeness (QED) is 0.144. The van der Waals surface area contributed by atoms with Crippen molar-refractivity contribution in [2.45, 2.75) is 14.9 Å². The largest absolute Gasteiger partial charge is 0.479 e. The summed E-state index contributed by atoms with van der Waals surface area (Å²) < 4.78 is 45.5. The molecule has 0 saturated carbocycles. The summed E-state index contributed by atoms with van der Waals surface area (Å²) in [6.07, 6.45) is 6.64. The highest BCUT2D eigenvalue weighted by Gasteiger charge is 2.17. The van der Waals surface area contributed by atoms with Crippen LogP contribution in [-0.2, 0) is 4.74 Å². The number of benzene rings is 2. The number of imidazole rings is 2. The Labute approximate surface area is 260 Å². The molecular weight excluding hydrogens is 673 g/mol. The Bertz CT molecular complexity index is 1860. The van der Waals surface area contributed by atoms with Crippen molar-refractivity contribution in [3.05, 3.63) is 94.3 Å². The molecule has 4 aromatic heterocycles. The van der Waals surface area contributed by atoms with E-state index in [0.717, 1.165) is 20.6 Å². The van der Waals surface area contributed by atoms with Crippen LogP contribution in [0.25, 0.3) is 33.8 Å². The SMILES string of the molecule is C.C.COC(=O)c1cn2c(-c3ccc(F)cc3)ncc2c(OC)n1.COc1nc(I)cn2c(-c3ccc(F)cc3)ncc12. The Kier molecular flexibility index (Phi) is 10.7. The Hall–Kier alpha value is -4.66. The first-order chi connectivity index (χ1) is 19.8. The minimum absolute atomic E-state index is 0. The van der Waals surface area contributed by atoms with Gasteiger partial charge in [0.2, 0.25) is 11.8 Å². The van der Waals surface area contributed by atoms with Gasteiger partial charge >= 0.3 is 5.97 Å². The Morgan fingerprint density at radius 3 is 1.60 bits per heavy atom. The van der Waals surface area contributed by atoms with E-state index >= 15 is 0 Å². The summed E-state index contributed by atoms with van der Waals surface area (Å²) in [7, 11) is 4.30. The smallest absolute Gasteiger partial charge is 0.358 e. The first-order valence-electron chi connectivity index (χ1n) is 11.9. The van der Waals surface area contributed by atoms with Crippen molar-refractivity contribution in [3.8, 4) is 34.5 Å². The molecule has 0 aliphatic rings. The number of carbonyl (C=O) groups excluding carboxylic acids is 1. The highest BCUT2D eigenvalue weighted by molar-refractivity contribution is 14.1. The number of esters is 1. The number of carbonyl (C=O) groups is 1. The molecule has 6 rings (SSSR count).